The zero-order chi connectivity index (χ0) is 14.7. The van der Waals surface area contributed by atoms with Gasteiger partial charge < -0.3 is 10.0 Å². The highest BCUT2D eigenvalue weighted by Crippen LogP contribution is 2.23. The van der Waals surface area contributed by atoms with Crippen molar-refractivity contribution in [2.24, 2.45) is 0 Å². The van der Waals surface area contributed by atoms with Crippen molar-refractivity contribution >= 4 is 5.95 Å². The van der Waals surface area contributed by atoms with Crippen molar-refractivity contribution in [1.82, 2.24) is 15.0 Å². The first-order chi connectivity index (χ1) is 10.3. The standard InChI is InChI=1S/C15H17FN4O/c16-13-11(10-21)4-5-17-14(13)12-8-18-15(19-9-12)20-6-2-1-3-7-20/h4-5,8-9,21H,1-3,6-7,10H2. The van der Waals surface area contributed by atoms with Crippen LogP contribution < -0.4 is 4.90 Å². The second kappa shape index (κ2) is 6.13. The molecule has 0 bridgehead atoms. The third kappa shape index (κ3) is 2.85. The normalized spacial score (nSPS) is 15.2. The lowest BCUT2D eigenvalue weighted by atomic mass is 10.1. The van der Waals surface area contributed by atoms with Crippen LogP contribution in [0.25, 0.3) is 11.3 Å². The quantitative estimate of drug-likeness (QED) is 0.937. The summed E-state index contributed by atoms with van der Waals surface area (Å²) in [5.41, 5.74) is 0.912. The van der Waals surface area contributed by atoms with Gasteiger partial charge in [-0.2, -0.15) is 0 Å². The summed E-state index contributed by atoms with van der Waals surface area (Å²) in [6.45, 7) is 1.58. The van der Waals surface area contributed by atoms with Crippen LogP contribution in [-0.2, 0) is 6.61 Å². The van der Waals surface area contributed by atoms with Gasteiger partial charge in [-0.3, -0.25) is 4.98 Å². The minimum absolute atomic E-state index is 0.173. The van der Waals surface area contributed by atoms with Crippen molar-refractivity contribution < 1.29 is 9.50 Å². The predicted octanol–water partition coefficient (Wildman–Crippen LogP) is 2.16. The number of pyridine rings is 1. The summed E-state index contributed by atoms with van der Waals surface area (Å²) in [4.78, 5) is 14.8. The summed E-state index contributed by atoms with van der Waals surface area (Å²) in [7, 11) is 0. The molecular formula is C15H17FN4O. The van der Waals surface area contributed by atoms with E-state index < -0.39 is 5.82 Å². The van der Waals surface area contributed by atoms with Crippen LogP contribution in [0.2, 0.25) is 0 Å². The van der Waals surface area contributed by atoms with Gasteiger partial charge in [0.2, 0.25) is 5.95 Å². The van der Waals surface area contributed by atoms with E-state index in [-0.39, 0.29) is 17.9 Å². The lowest BCUT2D eigenvalue weighted by Gasteiger charge is -2.26. The molecule has 0 radical (unpaired) electrons. The first-order valence-corrected chi connectivity index (χ1v) is 7.11. The number of piperidine rings is 1. The van der Waals surface area contributed by atoms with Gasteiger partial charge >= 0.3 is 0 Å². The largest absolute Gasteiger partial charge is 0.392 e. The Bertz CT molecular complexity index is 612. The Morgan fingerprint density at radius 3 is 2.48 bits per heavy atom. The van der Waals surface area contributed by atoms with Gasteiger partial charge in [-0.25, -0.2) is 14.4 Å². The fourth-order valence-electron chi connectivity index (χ4n) is 2.51. The summed E-state index contributed by atoms with van der Waals surface area (Å²) in [5, 5.41) is 9.10. The van der Waals surface area contributed by atoms with E-state index in [0.717, 1.165) is 25.9 Å². The monoisotopic (exact) mass is 288 g/mol. The zero-order valence-corrected chi connectivity index (χ0v) is 11.7. The van der Waals surface area contributed by atoms with Crippen molar-refractivity contribution in [3.05, 3.63) is 36.0 Å². The molecule has 0 spiro atoms. The molecule has 110 valence electrons. The topological polar surface area (TPSA) is 62.1 Å². The minimum atomic E-state index is -0.519. The average molecular weight is 288 g/mol. The van der Waals surface area contributed by atoms with E-state index in [2.05, 4.69) is 19.9 Å². The Hall–Kier alpha value is -2.08. The molecular weight excluding hydrogens is 271 g/mol. The number of anilines is 1. The highest BCUT2D eigenvalue weighted by atomic mass is 19.1. The molecule has 0 atom stereocenters. The van der Waals surface area contributed by atoms with Crippen LogP contribution in [0.15, 0.2) is 24.7 Å². The summed E-state index contributed by atoms with van der Waals surface area (Å²) in [5.74, 6) is 0.159. The Labute approximate surface area is 122 Å². The zero-order valence-electron chi connectivity index (χ0n) is 11.7. The van der Waals surface area contributed by atoms with Crippen LogP contribution in [-0.4, -0.2) is 33.1 Å². The van der Waals surface area contributed by atoms with E-state index in [1.54, 1.807) is 12.4 Å². The van der Waals surface area contributed by atoms with Gasteiger partial charge in [0.1, 0.15) is 5.69 Å². The molecule has 0 amide bonds. The Morgan fingerprint density at radius 2 is 1.81 bits per heavy atom. The molecule has 0 saturated carbocycles. The van der Waals surface area contributed by atoms with E-state index in [1.807, 2.05) is 0 Å². The molecule has 3 rings (SSSR count). The van der Waals surface area contributed by atoms with Gasteiger partial charge in [0.25, 0.3) is 0 Å². The summed E-state index contributed by atoms with van der Waals surface area (Å²) < 4.78 is 14.1. The summed E-state index contributed by atoms with van der Waals surface area (Å²) >= 11 is 0. The van der Waals surface area contributed by atoms with Crippen LogP contribution in [0.5, 0.6) is 0 Å². The molecule has 1 saturated heterocycles. The van der Waals surface area contributed by atoms with Gasteiger partial charge in [-0.1, -0.05) is 0 Å². The van der Waals surface area contributed by atoms with Crippen LogP contribution in [0, 0.1) is 5.82 Å². The molecule has 6 heteroatoms. The van der Waals surface area contributed by atoms with E-state index in [4.69, 9.17) is 5.11 Å². The van der Waals surface area contributed by atoms with Crippen molar-refractivity contribution in [3.63, 3.8) is 0 Å². The molecule has 3 heterocycles. The third-order valence-electron chi connectivity index (χ3n) is 3.69. The third-order valence-corrected chi connectivity index (χ3v) is 3.69. The number of hydrogen-bond donors (Lipinski definition) is 1. The Kier molecular flexibility index (Phi) is 4.06. The van der Waals surface area contributed by atoms with Crippen LogP contribution in [0.4, 0.5) is 10.3 Å². The Balaban J connectivity index is 1.87. The second-order valence-electron chi connectivity index (χ2n) is 5.11. The first kappa shape index (κ1) is 13.9. The van der Waals surface area contributed by atoms with Gasteiger partial charge in [-0.15, -0.1) is 0 Å². The van der Waals surface area contributed by atoms with Gasteiger partial charge in [0, 0.05) is 42.8 Å². The smallest absolute Gasteiger partial charge is 0.225 e. The number of aliphatic hydroxyl groups excluding tert-OH is 1. The molecule has 5 nitrogen and oxygen atoms in total. The van der Waals surface area contributed by atoms with E-state index >= 15 is 0 Å². The van der Waals surface area contributed by atoms with Gasteiger partial charge in [0.15, 0.2) is 5.82 Å². The van der Waals surface area contributed by atoms with E-state index in [1.165, 1.54) is 18.7 Å². The van der Waals surface area contributed by atoms with Crippen molar-refractivity contribution in [2.45, 2.75) is 25.9 Å². The number of rotatable bonds is 3. The van der Waals surface area contributed by atoms with Gasteiger partial charge in [0.05, 0.1) is 6.61 Å². The van der Waals surface area contributed by atoms with Crippen molar-refractivity contribution in [1.29, 1.82) is 0 Å². The molecule has 1 aliphatic rings. The molecule has 0 aliphatic carbocycles. The van der Waals surface area contributed by atoms with Crippen LogP contribution in [0.3, 0.4) is 0 Å². The summed E-state index contributed by atoms with van der Waals surface area (Å²) in [6, 6.07) is 1.46. The molecule has 21 heavy (non-hydrogen) atoms. The molecule has 2 aromatic rings. The van der Waals surface area contributed by atoms with Crippen molar-refractivity contribution in [3.8, 4) is 11.3 Å². The maximum atomic E-state index is 14.1. The molecule has 2 aromatic heterocycles. The van der Waals surface area contributed by atoms with Crippen LogP contribution in [0.1, 0.15) is 24.8 Å². The van der Waals surface area contributed by atoms with Crippen molar-refractivity contribution in [2.75, 3.05) is 18.0 Å². The number of nitrogens with zero attached hydrogens (tertiary/aromatic N) is 4. The SMILES string of the molecule is OCc1ccnc(-c2cnc(N3CCCCC3)nc2)c1F. The molecule has 1 N–H and O–H groups in total. The highest BCUT2D eigenvalue weighted by Gasteiger charge is 2.15. The fraction of sp³-hybridized carbons (Fsp3) is 0.400. The lowest BCUT2D eigenvalue weighted by molar-refractivity contribution is 0.275. The number of aromatic nitrogens is 3. The molecule has 0 aromatic carbocycles. The average Bonchev–Trinajstić information content (AvgIpc) is 2.56. The lowest BCUT2D eigenvalue weighted by Crippen LogP contribution is -2.30. The maximum Gasteiger partial charge on any atom is 0.225 e. The number of halogens is 1. The summed E-state index contributed by atoms with van der Waals surface area (Å²) in [6.07, 6.45) is 8.20. The second-order valence-corrected chi connectivity index (χ2v) is 5.11. The van der Waals surface area contributed by atoms with Crippen LogP contribution >= 0.6 is 0 Å². The maximum absolute atomic E-state index is 14.1. The predicted molar refractivity (Wildman–Crippen MR) is 77.2 cm³/mol. The first-order valence-electron chi connectivity index (χ1n) is 7.11. The molecule has 1 fully saturated rings. The number of hydrogen-bond acceptors (Lipinski definition) is 5. The minimum Gasteiger partial charge on any atom is -0.392 e. The fourth-order valence-corrected chi connectivity index (χ4v) is 2.51. The highest BCUT2D eigenvalue weighted by molar-refractivity contribution is 5.59. The van der Waals surface area contributed by atoms with Gasteiger partial charge in [-0.05, 0) is 25.3 Å². The molecule has 0 unspecified atom stereocenters. The molecule has 1 aliphatic heterocycles. The van der Waals surface area contributed by atoms with E-state index in [9.17, 15) is 4.39 Å². The van der Waals surface area contributed by atoms with E-state index in [0.29, 0.717) is 11.5 Å². The number of aliphatic hydroxyl groups is 1. The Morgan fingerprint density at radius 1 is 1.10 bits per heavy atom.